The Hall–Kier alpha value is -3.19. The average molecular weight is 405 g/mol. The van der Waals surface area contributed by atoms with Crippen molar-refractivity contribution in [1.29, 1.82) is 0 Å². The van der Waals surface area contributed by atoms with E-state index in [2.05, 4.69) is 32.3 Å². The zero-order valence-electron chi connectivity index (χ0n) is 16.9. The smallest absolute Gasteiger partial charge is 0.140 e. The summed E-state index contributed by atoms with van der Waals surface area (Å²) in [6.45, 7) is 4.31. The highest BCUT2D eigenvalue weighted by molar-refractivity contribution is 5.80. The van der Waals surface area contributed by atoms with Crippen LogP contribution in [0.1, 0.15) is 30.0 Å². The number of nitrogens with one attached hydrogen (secondary N) is 1. The van der Waals surface area contributed by atoms with Crippen molar-refractivity contribution in [2.75, 3.05) is 13.1 Å². The minimum Gasteiger partial charge on any atom is -0.409 e. The van der Waals surface area contributed by atoms with Crippen LogP contribution >= 0.6 is 0 Å². The molecule has 1 aliphatic heterocycles. The molecule has 7 heteroatoms. The lowest BCUT2D eigenvalue weighted by molar-refractivity contribution is 0.107. The Kier molecular flexibility index (Phi) is 4.96. The summed E-state index contributed by atoms with van der Waals surface area (Å²) >= 11 is 0. The second-order valence-electron chi connectivity index (χ2n) is 7.80. The highest BCUT2D eigenvalue weighted by Crippen LogP contribution is 2.25. The van der Waals surface area contributed by atoms with Crippen molar-refractivity contribution in [3.63, 3.8) is 0 Å². The number of hydrogen-bond donors (Lipinski definition) is 1. The number of halogens is 1. The molecule has 154 valence electrons. The zero-order chi connectivity index (χ0) is 20.5. The van der Waals surface area contributed by atoms with Crippen LogP contribution in [-0.4, -0.2) is 32.6 Å². The molecule has 30 heavy (non-hydrogen) atoms. The Morgan fingerprint density at radius 3 is 2.83 bits per heavy atom. The average Bonchev–Trinajstić information content (AvgIpc) is 3.41. The van der Waals surface area contributed by atoms with Crippen molar-refractivity contribution in [2.24, 2.45) is 0 Å². The van der Waals surface area contributed by atoms with Crippen LogP contribution < -0.4 is 10.2 Å². The molecule has 4 aromatic rings. The van der Waals surface area contributed by atoms with Gasteiger partial charge in [0.05, 0.1) is 17.8 Å². The van der Waals surface area contributed by atoms with Gasteiger partial charge in [-0.05, 0) is 68.2 Å². The van der Waals surface area contributed by atoms with E-state index in [4.69, 9.17) is 4.84 Å². The molecule has 1 aromatic carbocycles. The van der Waals surface area contributed by atoms with Gasteiger partial charge in [-0.1, -0.05) is 6.07 Å². The maximum absolute atomic E-state index is 13.3. The van der Waals surface area contributed by atoms with Crippen LogP contribution in [0.4, 0.5) is 4.39 Å². The third kappa shape index (κ3) is 3.68. The van der Waals surface area contributed by atoms with E-state index in [0.29, 0.717) is 12.6 Å². The second-order valence-corrected chi connectivity index (χ2v) is 7.80. The normalized spacial score (nSPS) is 15.0. The van der Waals surface area contributed by atoms with Crippen molar-refractivity contribution < 1.29 is 9.23 Å². The first-order chi connectivity index (χ1) is 14.7. The minimum absolute atomic E-state index is 0.235. The van der Waals surface area contributed by atoms with Gasteiger partial charge in [0, 0.05) is 29.7 Å². The van der Waals surface area contributed by atoms with Gasteiger partial charge in [0.1, 0.15) is 17.9 Å². The topological polar surface area (TPSA) is 56.9 Å². The van der Waals surface area contributed by atoms with Crippen molar-refractivity contribution >= 4 is 11.0 Å². The molecule has 3 aromatic heterocycles. The minimum atomic E-state index is -0.235. The molecule has 1 fully saturated rings. The first kappa shape index (κ1) is 18.8. The number of benzene rings is 1. The largest absolute Gasteiger partial charge is 0.409 e. The second kappa shape index (κ2) is 7.91. The maximum Gasteiger partial charge on any atom is 0.140 e. The molecule has 5 rings (SSSR count). The number of aryl methyl sites for hydroxylation is 1. The molecule has 0 bridgehead atoms. The lowest BCUT2D eigenvalue weighted by Crippen LogP contribution is -2.29. The zero-order valence-corrected chi connectivity index (χ0v) is 16.9. The Balaban J connectivity index is 1.38. The quantitative estimate of drug-likeness (QED) is 0.547. The fourth-order valence-electron chi connectivity index (χ4n) is 3.98. The SMILES string of the molecule is Cc1cc(F)ccc1COn1ccc2ncc(-c3cnn(C4CCNCC4)c3)cc21. The molecule has 0 saturated carbocycles. The number of fused-ring (bicyclic) bond motifs is 1. The van der Waals surface area contributed by atoms with Gasteiger partial charge in [0.25, 0.3) is 0 Å². The van der Waals surface area contributed by atoms with Gasteiger partial charge in [-0.2, -0.15) is 9.83 Å². The summed E-state index contributed by atoms with van der Waals surface area (Å²) in [5.74, 6) is -0.235. The molecule has 0 aliphatic carbocycles. The molecular weight excluding hydrogens is 381 g/mol. The van der Waals surface area contributed by atoms with Crippen LogP contribution in [0.25, 0.3) is 22.2 Å². The molecule has 4 heterocycles. The van der Waals surface area contributed by atoms with Crippen LogP contribution in [0, 0.1) is 12.7 Å². The molecule has 0 radical (unpaired) electrons. The van der Waals surface area contributed by atoms with Gasteiger partial charge in [-0.15, -0.1) is 0 Å². The van der Waals surface area contributed by atoms with E-state index >= 15 is 0 Å². The third-order valence-electron chi connectivity index (χ3n) is 5.78. The fraction of sp³-hybridized carbons (Fsp3) is 0.304. The number of aromatic nitrogens is 4. The van der Waals surface area contributed by atoms with Crippen molar-refractivity contribution in [1.82, 2.24) is 24.8 Å². The molecule has 0 atom stereocenters. The van der Waals surface area contributed by atoms with Gasteiger partial charge >= 0.3 is 0 Å². The van der Waals surface area contributed by atoms with E-state index in [0.717, 1.165) is 59.2 Å². The highest BCUT2D eigenvalue weighted by Gasteiger charge is 2.16. The van der Waals surface area contributed by atoms with Crippen LogP contribution in [0.2, 0.25) is 0 Å². The molecule has 1 N–H and O–H groups in total. The van der Waals surface area contributed by atoms with Crippen LogP contribution in [0.5, 0.6) is 0 Å². The maximum atomic E-state index is 13.3. The first-order valence-electron chi connectivity index (χ1n) is 10.3. The lowest BCUT2D eigenvalue weighted by Gasteiger charge is -2.22. The predicted molar refractivity (Wildman–Crippen MR) is 114 cm³/mol. The summed E-state index contributed by atoms with van der Waals surface area (Å²) in [5, 5.41) is 7.98. The summed E-state index contributed by atoms with van der Waals surface area (Å²) in [7, 11) is 0. The van der Waals surface area contributed by atoms with E-state index in [1.807, 2.05) is 31.6 Å². The molecule has 1 aliphatic rings. The summed E-state index contributed by atoms with van der Waals surface area (Å²) in [4.78, 5) is 10.6. The molecular formula is C23H24FN5O. The van der Waals surface area contributed by atoms with Gasteiger partial charge in [0.2, 0.25) is 0 Å². The van der Waals surface area contributed by atoms with Crippen LogP contribution in [0.3, 0.4) is 0 Å². The number of hydrogen-bond acceptors (Lipinski definition) is 4. The Bertz CT molecular complexity index is 1180. The summed E-state index contributed by atoms with van der Waals surface area (Å²) in [5.41, 5.74) is 5.62. The van der Waals surface area contributed by atoms with E-state index in [1.165, 1.54) is 12.1 Å². The Morgan fingerprint density at radius 1 is 1.13 bits per heavy atom. The van der Waals surface area contributed by atoms with E-state index in [-0.39, 0.29) is 5.82 Å². The van der Waals surface area contributed by atoms with E-state index in [9.17, 15) is 4.39 Å². The first-order valence-corrected chi connectivity index (χ1v) is 10.3. The van der Waals surface area contributed by atoms with E-state index < -0.39 is 0 Å². The summed E-state index contributed by atoms with van der Waals surface area (Å²) in [6.07, 6.45) is 9.94. The monoisotopic (exact) mass is 405 g/mol. The van der Waals surface area contributed by atoms with Crippen molar-refractivity contribution in [3.05, 3.63) is 72.1 Å². The highest BCUT2D eigenvalue weighted by atomic mass is 19.1. The molecule has 0 amide bonds. The van der Waals surface area contributed by atoms with E-state index in [1.54, 1.807) is 10.8 Å². The van der Waals surface area contributed by atoms with Gasteiger partial charge in [0.15, 0.2) is 0 Å². The van der Waals surface area contributed by atoms with Gasteiger partial charge in [-0.25, -0.2) is 4.39 Å². The number of rotatable bonds is 5. The third-order valence-corrected chi connectivity index (χ3v) is 5.78. The van der Waals surface area contributed by atoms with Crippen LogP contribution in [0.15, 0.2) is 55.1 Å². The van der Waals surface area contributed by atoms with Crippen LogP contribution in [-0.2, 0) is 6.61 Å². The predicted octanol–water partition coefficient (Wildman–Crippen LogP) is 3.90. The molecule has 0 spiro atoms. The number of nitrogens with zero attached hydrogens (tertiary/aromatic N) is 4. The standard InChI is InChI=1S/C23H24FN5O/c1-16-10-20(24)3-2-17(16)15-30-29-9-6-22-23(29)11-18(12-26-22)19-13-27-28(14-19)21-4-7-25-8-5-21/h2-3,6,9-14,21,25H,4-5,7-8,15H2,1H3. The summed E-state index contributed by atoms with van der Waals surface area (Å²) in [6, 6.07) is 9.18. The van der Waals surface area contributed by atoms with Gasteiger partial charge in [-0.3, -0.25) is 9.67 Å². The van der Waals surface area contributed by atoms with Crippen molar-refractivity contribution in [2.45, 2.75) is 32.4 Å². The Morgan fingerprint density at radius 2 is 2.00 bits per heavy atom. The number of pyridine rings is 1. The number of piperidine rings is 1. The van der Waals surface area contributed by atoms with Gasteiger partial charge < -0.3 is 10.2 Å². The fourth-order valence-corrected chi connectivity index (χ4v) is 3.98. The summed E-state index contributed by atoms with van der Waals surface area (Å²) < 4.78 is 17.1. The molecule has 0 unspecified atom stereocenters. The lowest BCUT2D eigenvalue weighted by atomic mass is 10.1. The van der Waals surface area contributed by atoms with Crippen molar-refractivity contribution in [3.8, 4) is 11.1 Å². The molecule has 6 nitrogen and oxygen atoms in total. The Labute approximate surface area is 174 Å². The molecule has 1 saturated heterocycles.